The van der Waals surface area contributed by atoms with Crippen LogP contribution < -0.4 is 4.74 Å². The van der Waals surface area contributed by atoms with Gasteiger partial charge in [-0.3, -0.25) is 4.79 Å². The van der Waals surface area contributed by atoms with Gasteiger partial charge in [0.05, 0.1) is 0 Å². The molecule has 0 heterocycles. The average Bonchev–Trinajstić information content (AvgIpc) is 2.52. The summed E-state index contributed by atoms with van der Waals surface area (Å²) in [4.78, 5) is 13.8. The highest BCUT2D eigenvalue weighted by molar-refractivity contribution is 5.94. The van der Waals surface area contributed by atoms with Crippen LogP contribution in [0, 0.1) is 0 Å². The first-order valence-electron chi connectivity index (χ1n) is 7.07. The molecule has 24 heavy (non-hydrogen) atoms. The van der Waals surface area contributed by atoms with Gasteiger partial charge in [-0.05, 0) is 35.9 Å². The summed E-state index contributed by atoms with van der Waals surface area (Å²) in [6.45, 7) is -1.16. The van der Waals surface area contributed by atoms with E-state index in [1.807, 2.05) is 0 Å². The normalized spacial score (nSPS) is 11.2. The number of phenols is 1. The Labute approximate surface area is 137 Å². The van der Waals surface area contributed by atoms with Crippen molar-refractivity contribution < 1.29 is 27.8 Å². The van der Waals surface area contributed by atoms with Crippen LogP contribution in [0.2, 0.25) is 0 Å². The van der Waals surface area contributed by atoms with Crippen molar-refractivity contribution in [3.05, 3.63) is 59.7 Å². The van der Waals surface area contributed by atoms with Gasteiger partial charge >= 0.3 is 6.18 Å². The lowest BCUT2D eigenvalue weighted by Crippen LogP contribution is -2.26. The second-order valence-electron chi connectivity index (χ2n) is 5.26. The minimum absolute atomic E-state index is 0.0241. The highest BCUT2D eigenvalue weighted by Gasteiger charge is 2.28. The van der Waals surface area contributed by atoms with Crippen LogP contribution in [-0.4, -0.2) is 35.7 Å². The number of rotatable bonds is 5. The zero-order valence-corrected chi connectivity index (χ0v) is 12.9. The van der Waals surface area contributed by atoms with Crippen molar-refractivity contribution in [3.8, 4) is 11.5 Å². The van der Waals surface area contributed by atoms with E-state index in [1.165, 1.54) is 41.3 Å². The molecule has 1 N–H and O–H groups in total. The summed E-state index contributed by atoms with van der Waals surface area (Å²) in [7, 11) is 1.57. The Morgan fingerprint density at radius 3 is 2.54 bits per heavy atom. The van der Waals surface area contributed by atoms with Gasteiger partial charge in [-0.1, -0.05) is 18.2 Å². The van der Waals surface area contributed by atoms with E-state index in [4.69, 9.17) is 0 Å². The molecule has 0 spiro atoms. The second kappa shape index (κ2) is 7.25. The van der Waals surface area contributed by atoms with Gasteiger partial charge in [-0.15, -0.1) is 0 Å². The number of carbonyl (C=O) groups excluding carboxylic acids is 1. The van der Waals surface area contributed by atoms with Crippen molar-refractivity contribution in [2.75, 3.05) is 13.7 Å². The van der Waals surface area contributed by atoms with Crippen LogP contribution in [0.1, 0.15) is 15.9 Å². The van der Waals surface area contributed by atoms with E-state index in [9.17, 15) is 23.1 Å². The topological polar surface area (TPSA) is 49.8 Å². The Morgan fingerprint density at radius 2 is 1.88 bits per heavy atom. The van der Waals surface area contributed by atoms with Crippen LogP contribution in [-0.2, 0) is 6.54 Å². The molecule has 0 atom stereocenters. The minimum atomic E-state index is -4.44. The van der Waals surface area contributed by atoms with E-state index in [0.29, 0.717) is 0 Å². The van der Waals surface area contributed by atoms with E-state index >= 15 is 0 Å². The fourth-order valence-electron chi connectivity index (χ4n) is 2.10. The molecular formula is C17H16F3NO3. The van der Waals surface area contributed by atoms with Crippen LogP contribution in [0.25, 0.3) is 0 Å². The van der Waals surface area contributed by atoms with Crippen molar-refractivity contribution in [2.45, 2.75) is 12.7 Å². The smallest absolute Gasteiger partial charge is 0.422 e. The lowest BCUT2D eigenvalue weighted by molar-refractivity contribution is -0.153. The van der Waals surface area contributed by atoms with Gasteiger partial charge < -0.3 is 14.7 Å². The van der Waals surface area contributed by atoms with E-state index < -0.39 is 12.8 Å². The molecule has 0 saturated carbocycles. The number of nitrogens with zero attached hydrogens (tertiary/aromatic N) is 1. The number of aromatic hydroxyl groups is 1. The fourth-order valence-corrected chi connectivity index (χ4v) is 2.10. The molecule has 128 valence electrons. The van der Waals surface area contributed by atoms with Crippen molar-refractivity contribution >= 4 is 5.91 Å². The summed E-state index contributed by atoms with van der Waals surface area (Å²) in [5, 5.41) is 9.43. The number of hydrogen-bond donors (Lipinski definition) is 1. The molecule has 2 rings (SSSR count). The summed E-state index contributed by atoms with van der Waals surface area (Å²) in [6, 6.07) is 12.1. The largest absolute Gasteiger partial charge is 0.508 e. The average molecular weight is 339 g/mol. The third kappa shape index (κ3) is 5.19. The van der Waals surface area contributed by atoms with Crippen molar-refractivity contribution in [3.63, 3.8) is 0 Å². The van der Waals surface area contributed by atoms with Crippen LogP contribution in [0.4, 0.5) is 13.2 Å². The number of alkyl halides is 3. The zero-order chi connectivity index (χ0) is 17.7. The van der Waals surface area contributed by atoms with E-state index in [1.54, 1.807) is 19.2 Å². The summed E-state index contributed by atoms with van der Waals surface area (Å²) in [6.07, 6.45) is -4.44. The van der Waals surface area contributed by atoms with Gasteiger partial charge in [0.2, 0.25) is 0 Å². The van der Waals surface area contributed by atoms with Gasteiger partial charge in [-0.2, -0.15) is 13.2 Å². The highest BCUT2D eigenvalue weighted by atomic mass is 19.4. The lowest BCUT2D eigenvalue weighted by Gasteiger charge is -2.18. The van der Waals surface area contributed by atoms with Gasteiger partial charge in [0.15, 0.2) is 6.61 Å². The molecule has 2 aromatic rings. The Kier molecular flexibility index (Phi) is 5.33. The fraction of sp³-hybridized carbons (Fsp3) is 0.235. The molecule has 0 fully saturated rings. The number of halogens is 3. The molecule has 1 amide bonds. The molecule has 0 saturated heterocycles. The number of hydrogen-bond acceptors (Lipinski definition) is 3. The molecule has 0 bridgehead atoms. The maximum Gasteiger partial charge on any atom is 0.422 e. The molecule has 0 aliphatic heterocycles. The SMILES string of the molecule is CN(Cc1cccc(O)c1)C(=O)c1cccc(OCC(F)(F)F)c1. The number of benzene rings is 2. The summed E-state index contributed by atoms with van der Waals surface area (Å²) < 4.78 is 41.2. The molecule has 7 heteroatoms. The van der Waals surface area contributed by atoms with Gasteiger partial charge in [0, 0.05) is 19.2 Å². The standard InChI is InChI=1S/C17H16F3NO3/c1-21(10-12-4-2-6-14(22)8-12)16(23)13-5-3-7-15(9-13)24-11-17(18,19)20/h2-9,22H,10-11H2,1H3. The second-order valence-corrected chi connectivity index (χ2v) is 5.26. The minimum Gasteiger partial charge on any atom is -0.508 e. The molecule has 0 radical (unpaired) electrons. The van der Waals surface area contributed by atoms with E-state index in [2.05, 4.69) is 4.74 Å². The molecule has 0 unspecified atom stereocenters. The third-order valence-electron chi connectivity index (χ3n) is 3.16. The van der Waals surface area contributed by atoms with Crippen LogP contribution in [0.15, 0.2) is 48.5 Å². The zero-order valence-electron chi connectivity index (χ0n) is 12.9. The monoisotopic (exact) mass is 339 g/mol. The Balaban J connectivity index is 2.05. The van der Waals surface area contributed by atoms with Crippen molar-refractivity contribution in [1.82, 2.24) is 4.90 Å². The maximum atomic E-state index is 12.4. The maximum absolute atomic E-state index is 12.4. The van der Waals surface area contributed by atoms with Gasteiger partial charge in [0.25, 0.3) is 5.91 Å². The Bertz CT molecular complexity index is 716. The van der Waals surface area contributed by atoms with Crippen LogP contribution in [0.3, 0.4) is 0 Å². The molecule has 4 nitrogen and oxygen atoms in total. The van der Waals surface area contributed by atoms with E-state index in [0.717, 1.165) is 5.56 Å². The number of carbonyl (C=O) groups is 1. The number of amides is 1. The van der Waals surface area contributed by atoms with Gasteiger partial charge in [-0.25, -0.2) is 0 Å². The van der Waals surface area contributed by atoms with Crippen molar-refractivity contribution in [2.24, 2.45) is 0 Å². The summed E-state index contributed by atoms with van der Waals surface area (Å²) >= 11 is 0. The molecule has 0 aliphatic carbocycles. The predicted octanol–water partition coefficient (Wildman–Crippen LogP) is 3.61. The highest BCUT2D eigenvalue weighted by Crippen LogP contribution is 2.20. The number of phenolic OH excluding ortho intramolecular Hbond substituents is 1. The van der Waals surface area contributed by atoms with Gasteiger partial charge in [0.1, 0.15) is 11.5 Å². The van der Waals surface area contributed by atoms with Crippen LogP contribution >= 0.6 is 0 Å². The first-order valence-corrected chi connectivity index (χ1v) is 7.07. The molecular weight excluding hydrogens is 323 g/mol. The first-order chi connectivity index (χ1) is 11.2. The predicted molar refractivity (Wildman–Crippen MR) is 81.9 cm³/mol. The molecule has 0 aliphatic rings. The summed E-state index contributed by atoms with van der Waals surface area (Å²) in [5.41, 5.74) is 0.952. The Morgan fingerprint density at radius 1 is 1.17 bits per heavy atom. The number of ether oxygens (including phenoxy) is 1. The lowest BCUT2D eigenvalue weighted by atomic mass is 10.1. The van der Waals surface area contributed by atoms with Crippen LogP contribution in [0.5, 0.6) is 11.5 Å². The summed E-state index contributed by atoms with van der Waals surface area (Å²) in [5.74, 6) is -0.296. The van der Waals surface area contributed by atoms with Crippen molar-refractivity contribution in [1.29, 1.82) is 0 Å². The molecule has 0 aromatic heterocycles. The van der Waals surface area contributed by atoms with E-state index in [-0.39, 0.29) is 29.5 Å². The third-order valence-corrected chi connectivity index (χ3v) is 3.16. The Hall–Kier alpha value is -2.70. The first kappa shape index (κ1) is 17.7. The molecule has 2 aromatic carbocycles. The quantitative estimate of drug-likeness (QED) is 0.905.